The van der Waals surface area contributed by atoms with Gasteiger partial charge in [-0.2, -0.15) is 0 Å². The van der Waals surface area contributed by atoms with Crippen LogP contribution in [0.15, 0.2) is 41.8 Å². The number of anilines is 1. The van der Waals surface area contributed by atoms with Crippen LogP contribution in [-0.4, -0.2) is 30.4 Å². The van der Waals surface area contributed by atoms with Gasteiger partial charge in [0.05, 0.1) is 11.3 Å². The molecule has 2 amide bonds. The van der Waals surface area contributed by atoms with E-state index in [4.69, 9.17) is 4.74 Å². The molecule has 27 heavy (non-hydrogen) atoms. The second-order valence-electron chi connectivity index (χ2n) is 6.44. The molecule has 0 atom stereocenters. The van der Waals surface area contributed by atoms with Gasteiger partial charge in [0.25, 0.3) is 11.8 Å². The summed E-state index contributed by atoms with van der Waals surface area (Å²) in [6.45, 7) is -0.365. The van der Waals surface area contributed by atoms with Crippen LogP contribution in [0, 0.1) is 0 Å². The fourth-order valence-corrected chi connectivity index (χ4v) is 3.30. The first-order valence-electron chi connectivity index (χ1n) is 8.99. The highest BCUT2D eigenvalue weighted by Gasteiger charge is 2.25. The average molecular weight is 386 g/mol. The van der Waals surface area contributed by atoms with Gasteiger partial charge >= 0.3 is 5.97 Å². The zero-order valence-corrected chi connectivity index (χ0v) is 15.7. The Morgan fingerprint density at radius 1 is 1.11 bits per heavy atom. The van der Waals surface area contributed by atoms with E-state index in [0.29, 0.717) is 17.7 Å². The SMILES string of the molecule is O=C(COC(=O)CCCc1cccs1)Nc1ccccc1C(=O)NC1CC1. The van der Waals surface area contributed by atoms with Gasteiger partial charge in [0.15, 0.2) is 6.61 Å². The molecule has 3 rings (SSSR count). The Hall–Kier alpha value is -2.67. The Labute approximate surface area is 161 Å². The number of aryl methyl sites for hydroxylation is 1. The monoisotopic (exact) mass is 386 g/mol. The van der Waals surface area contributed by atoms with Gasteiger partial charge < -0.3 is 15.4 Å². The number of rotatable bonds is 9. The van der Waals surface area contributed by atoms with Crippen LogP contribution < -0.4 is 10.6 Å². The molecule has 0 unspecified atom stereocenters. The average Bonchev–Trinajstić information content (AvgIpc) is 3.32. The van der Waals surface area contributed by atoms with Crippen molar-refractivity contribution in [3.05, 3.63) is 52.2 Å². The van der Waals surface area contributed by atoms with Crippen molar-refractivity contribution in [2.45, 2.75) is 38.1 Å². The van der Waals surface area contributed by atoms with E-state index in [-0.39, 0.29) is 25.0 Å². The zero-order valence-electron chi connectivity index (χ0n) is 14.9. The summed E-state index contributed by atoms with van der Waals surface area (Å²) in [6, 6.07) is 11.0. The van der Waals surface area contributed by atoms with Gasteiger partial charge in [-0.25, -0.2) is 0 Å². The van der Waals surface area contributed by atoms with Gasteiger partial charge in [-0.05, 0) is 49.3 Å². The summed E-state index contributed by atoms with van der Waals surface area (Å²) in [7, 11) is 0. The van der Waals surface area contributed by atoms with Crippen LogP contribution in [0.5, 0.6) is 0 Å². The largest absolute Gasteiger partial charge is 0.456 e. The summed E-state index contributed by atoms with van der Waals surface area (Å²) >= 11 is 1.66. The zero-order chi connectivity index (χ0) is 19.1. The molecule has 0 bridgehead atoms. The number of esters is 1. The summed E-state index contributed by atoms with van der Waals surface area (Å²) in [5, 5.41) is 7.54. The van der Waals surface area contributed by atoms with Crippen molar-refractivity contribution < 1.29 is 19.1 Å². The first-order chi connectivity index (χ1) is 13.1. The summed E-state index contributed by atoms with van der Waals surface area (Å²) in [4.78, 5) is 37.3. The van der Waals surface area contributed by atoms with Crippen molar-refractivity contribution in [3.8, 4) is 0 Å². The maximum absolute atomic E-state index is 12.2. The first-order valence-corrected chi connectivity index (χ1v) is 9.87. The van der Waals surface area contributed by atoms with E-state index >= 15 is 0 Å². The molecule has 142 valence electrons. The molecule has 2 aromatic rings. The standard InChI is InChI=1S/C20H22N2O4S/c23-18(13-26-19(24)9-3-5-15-6-4-12-27-15)22-17-8-2-1-7-16(17)20(25)21-14-10-11-14/h1-2,4,6-8,12,14H,3,5,9-11,13H2,(H,21,25)(H,22,23). The summed E-state index contributed by atoms with van der Waals surface area (Å²) in [5.74, 6) is -1.08. The molecular formula is C20H22N2O4S. The highest BCUT2D eigenvalue weighted by molar-refractivity contribution is 7.09. The fourth-order valence-electron chi connectivity index (χ4n) is 2.55. The van der Waals surface area contributed by atoms with Crippen LogP contribution in [0.4, 0.5) is 5.69 Å². The molecule has 1 aromatic heterocycles. The van der Waals surface area contributed by atoms with Gasteiger partial charge in [0.2, 0.25) is 0 Å². The topological polar surface area (TPSA) is 84.5 Å². The molecule has 1 saturated carbocycles. The molecule has 6 nitrogen and oxygen atoms in total. The Balaban J connectivity index is 1.42. The van der Waals surface area contributed by atoms with E-state index in [2.05, 4.69) is 10.6 Å². The summed E-state index contributed by atoms with van der Waals surface area (Å²) in [6.07, 6.45) is 3.75. The lowest BCUT2D eigenvalue weighted by molar-refractivity contribution is -0.147. The van der Waals surface area contributed by atoms with Gasteiger partial charge in [0, 0.05) is 17.3 Å². The predicted octanol–water partition coefficient (Wildman–Crippen LogP) is 3.14. The van der Waals surface area contributed by atoms with Crippen molar-refractivity contribution in [2.24, 2.45) is 0 Å². The lowest BCUT2D eigenvalue weighted by Gasteiger charge is -2.11. The second kappa shape index (κ2) is 9.32. The number of ether oxygens (including phenoxy) is 1. The molecule has 1 aliphatic rings. The van der Waals surface area contributed by atoms with Gasteiger partial charge in [-0.1, -0.05) is 18.2 Å². The third-order valence-electron chi connectivity index (χ3n) is 4.11. The number of benzene rings is 1. The number of amides is 2. The Bertz CT molecular complexity index is 800. The molecule has 1 aromatic carbocycles. The highest BCUT2D eigenvalue weighted by Crippen LogP contribution is 2.21. The van der Waals surface area contributed by atoms with Crippen LogP contribution in [0.25, 0.3) is 0 Å². The van der Waals surface area contributed by atoms with E-state index in [1.807, 2.05) is 17.5 Å². The number of para-hydroxylation sites is 1. The molecule has 1 fully saturated rings. The van der Waals surface area contributed by atoms with Crippen molar-refractivity contribution in [2.75, 3.05) is 11.9 Å². The lowest BCUT2D eigenvalue weighted by atomic mass is 10.1. The molecule has 1 aliphatic carbocycles. The van der Waals surface area contributed by atoms with Crippen LogP contribution in [0.2, 0.25) is 0 Å². The minimum Gasteiger partial charge on any atom is -0.456 e. The quantitative estimate of drug-likeness (QED) is 0.649. The molecule has 1 heterocycles. The predicted molar refractivity (Wildman–Crippen MR) is 104 cm³/mol. The van der Waals surface area contributed by atoms with E-state index in [1.165, 1.54) is 4.88 Å². The number of carbonyl (C=O) groups is 3. The number of hydrogen-bond donors (Lipinski definition) is 2. The molecule has 0 aliphatic heterocycles. The minimum atomic E-state index is -0.465. The molecule has 7 heteroatoms. The van der Waals surface area contributed by atoms with Crippen molar-refractivity contribution in [3.63, 3.8) is 0 Å². The third-order valence-corrected chi connectivity index (χ3v) is 5.04. The number of thiophene rings is 1. The normalized spacial score (nSPS) is 13.0. The number of nitrogens with one attached hydrogen (secondary N) is 2. The van der Waals surface area contributed by atoms with Crippen molar-refractivity contribution >= 4 is 34.8 Å². The van der Waals surface area contributed by atoms with E-state index < -0.39 is 11.9 Å². The molecule has 0 spiro atoms. The first kappa shape index (κ1) is 19.1. The number of carbonyl (C=O) groups excluding carboxylic acids is 3. The fraction of sp³-hybridized carbons (Fsp3) is 0.350. The van der Waals surface area contributed by atoms with Crippen LogP contribution in [-0.2, 0) is 20.7 Å². The maximum Gasteiger partial charge on any atom is 0.306 e. The van der Waals surface area contributed by atoms with Crippen LogP contribution in [0.1, 0.15) is 40.9 Å². The van der Waals surface area contributed by atoms with Gasteiger partial charge in [0.1, 0.15) is 0 Å². The van der Waals surface area contributed by atoms with Crippen molar-refractivity contribution in [1.29, 1.82) is 0 Å². The van der Waals surface area contributed by atoms with Crippen LogP contribution >= 0.6 is 11.3 Å². The second-order valence-corrected chi connectivity index (χ2v) is 7.47. The Kier molecular flexibility index (Phi) is 6.59. The minimum absolute atomic E-state index is 0.209. The Morgan fingerprint density at radius 3 is 2.67 bits per heavy atom. The Morgan fingerprint density at radius 2 is 1.93 bits per heavy atom. The van der Waals surface area contributed by atoms with E-state index in [0.717, 1.165) is 19.3 Å². The molecule has 2 N–H and O–H groups in total. The third kappa shape index (κ3) is 6.21. The summed E-state index contributed by atoms with van der Waals surface area (Å²) < 4.78 is 5.02. The summed E-state index contributed by atoms with van der Waals surface area (Å²) in [5.41, 5.74) is 0.814. The smallest absolute Gasteiger partial charge is 0.306 e. The maximum atomic E-state index is 12.2. The van der Waals surface area contributed by atoms with E-state index in [1.54, 1.807) is 35.6 Å². The van der Waals surface area contributed by atoms with Crippen molar-refractivity contribution in [1.82, 2.24) is 5.32 Å². The van der Waals surface area contributed by atoms with Crippen LogP contribution in [0.3, 0.4) is 0 Å². The number of hydrogen-bond acceptors (Lipinski definition) is 5. The molecule has 0 saturated heterocycles. The van der Waals surface area contributed by atoms with Gasteiger partial charge in [-0.15, -0.1) is 11.3 Å². The molecular weight excluding hydrogens is 364 g/mol. The molecule has 0 radical (unpaired) electrons. The highest BCUT2D eigenvalue weighted by atomic mass is 32.1. The van der Waals surface area contributed by atoms with E-state index in [9.17, 15) is 14.4 Å². The lowest BCUT2D eigenvalue weighted by Crippen LogP contribution is -2.28. The van der Waals surface area contributed by atoms with Gasteiger partial charge in [-0.3, -0.25) is 14.4 Å².